The van der Waals surface area contributed by atoms with E-state index in [0.717, 1.165) is 53.7 Å². The predicted octanol–water partition coefficient (Wildman–Crippen LogP) is 3.53. The monoisotopic (exact) mass is 358 g/mol. The highest BCUT2D eigenvalue weighted by atomic mass is 32.1. The number of unbranched alkanes of at least 4 members (excludes halogenated alkanes) is 2. The summed E-state index contributed by atoms with van der Waals surface area (Å²) in [7, 11) is 0. The lowest BCUT2D eigenvalue weighted by Gasteiger charge is -2.10. The molecule has 0 fully saturated rings. The Kier molecular flexibility index (Phi) is 5.99. The Morgan fingerprint density at radius 3 is 2.92 bits per heavy atom. The topological polar surface area (TPSA) is 69.9 Å². The second-order valence-electron chi connectivity index (χ2n) is 5.88. The first-order valence-corrected chi connectivity index (χ1v) is 9.03. The fourth-order valence-corrected chi connectivity index (χ4v) is 3.10. The molecular formula is C18H22N4O2S. The molecule has 0 spiro atoms. The van der Waals surface area contributed by atoms with Crippen LogP contribution in [0.5, 0.6) is 0 Å². The molecule has 0 amide bonds. The lowest BCUT2D eigenvalue weighted by atomic mass is 10.2. The van der Waals surface area contributed by atoms with E-state index < -0.39 is 0 Å². The van der Waals surface area contributed by atoms with E-state index in [-0.39, 0.29) is 5.12 Å². The SMILES string of the molecule is CCOCc1nc2cnc3cccnc3c2n1CCCCCC(=O)S. The van der Waals surface area contributed by atoms with E-state index in [1.807, 2.05) is 19.1 Å². The summed E-state index contributed by atoms with van der Waals surface area (Å²) in [5, 5.41) is -0.0496. The van der Waals surface area contributed by atoms with Crippen LogP contribution in [0.2, 0.25) is 0 Å². The number of hydrogen-bond donors (Lipinski definition) is 1. The van der Waals surface area contributed by atoms with Crippen LogP contribution >= 0.6 is 12.6 Å². The van der Waals surface area contributed by atoms with Gasteiger partial charge in [0.05, 0.1) is 17.2 Å². The largest absolute Gasteiger partial charge is 0.374 e. The normalized spacial score (nSPS) is 11.4. The van der Waals surface area contributed by atoms with E-state index in [2.05, 4.69) is 27.2 Å². The highest BCUT2D eigenvalue weighted by Gasteiger charge is 2.15. The van der Waals surface area contributed by atoms with Gasteiger partial charge in [-0.15, -0.1) is 12.6 Å². The second kappa shape index (κ2) is 8.40. The molecular weight excluding hydrogens is 336 g/mol. The highest BCUT2D eigenvalue weighted by Crippen LogP contribution is 2.24. The molecule has 0 radical (unpaired) electrons. The number of hydrogen-bond acceptors (Lipinski definition) is 5. The molecule has 6 nitrogen and oxygen atoms in total. The maximum Gasteiger partial charge on any atom is 0.185 e. The Balaban J connectivity index is 1.91. The Morgan fingerprint density at radius 1 is 1.24 bits per heavy atom. The van der Waals surface area contributed by atoms with E-state index in [1.165, 1.54) is 0 Å². The Hall–Kier alpha value is -1.99. The van der Waals surface area contributed by atoms with Gasteiger partial charge in [0.15, 0.2) is 5.12 Å². The number of aryl methyl sites for hydroxylation is 1. The standard InChI is InChI=1S/C18H22N4O2S/c1-2-24-12-15-21-14-11-20-13-7-6-9-19-17(13)18(14)22(15)10-5-3-4-8-16(23)25/h6-7,9,11H,2-5,8,10,12H2,1H3,(H,23,25). The van der Waals surface area contributed by atoms with Crippen LogP contribution in [0, 0.1) is 0 Å². The molecule has 132 valence electrons. The third-order valence-electron chi connectivity index (χ3n) is 4.12. The number of carbonyl (C=O) groups is 1. The van der Waals surface area contributed by atoms with Crippen molar-refractivity contribution in [2.45, 2.75) is 45.8 Å². The number of fused-ring (bicyclic) bond motifs is 3. The van der Waals surface area contributed by atoms with E-state index in [9.17, 15) is 4.79 Å². The lowest BCUT2D eigenvalue weighted by Crippen LogP contribution is -2.07. The average molecular weight is 358 g/mol. The zero-order valence-electron chi connectivity index (χ0n) is 14.3. The first kappa shape index (κ1) is 17.8. The van der Waals surface area contributed by atoms with Crippen LogP contribution in [-0.4, -0.2) is 31.2 Å². The van der Waals surface area contributed by atoms with E-state index in [4.69, 9.17) is 9.72 Å². The number of nitrogens with zero attached hydrogens (tertiary/aromatic N) is 4. The van der Waals surface area contributed by atoms with Gasteiger partial charge in [-0.3, -0.25) is 14.8 Å². The molecule has 0 aromatic carbocycles. The van der Waals surface area contributed by atoms with E-state index in [0.29, 0.717) is 19.6 Å². The van der Waals surface area contributed by atoms with Crippen molar-refractivity contribution in [3.05, 3.63) is 30.4 Å². The summed E-state index contributed by atoms with van der Waals surface area (Å²) in [6.07, 6.45) is 6.88. The van der Waals surface area contributed by atoms with Gasteiger partial charge in [0.1, 0.15) is 23.5 Å². The predicted molar refractivity (Wildman–Crippen MR) is 101 cm³/mol. The quantitative estimate of drug-likeness (QED) is 0.468. The smallest absolute Gasteiger partial charge is 0.185 e. The summed E-state index contributed by atoms with van der Waals surface area (Å²) in [4.78, 5) is 24.6. The number of aromatic nitrogens is 4. The fraction of sp³-hybridized carbons (Fsp3) is 0.444. The van der Waals surface area contributed by atoms with Crippen LogP contribution < -0.4 is 0 Å². The molecule has 0 atom stereocenters. The van der Waals surface area contributed by atoms with Gasteiger partial charge in [-0.2, -0.15) is 0 Å². The number of rotatable bonds is 9. The van der Waals surface area contributed by atoms with Crippen LogP contribution in [0.4, 0.5) is 0 Å². The lowest BCUT2D eigenvalue weighted by molar-refractivity contribution is -0.110. The fourth-order valence-electron chi connectivity index (χ4n) is 2.94. The van der Waals surface area contributed by atoms with Gasteiger partial charge in [-0.25, -0.2) is 4.98 Å². The van der Waals surface area contributed by atoms with Crippen molar-refractivity contribution in [3.63, 3.8) is 0 Å². The molecule has 3 heterocycles. The van der Waals surface area contributed by atoms with Crippen LogP contribution in [0.3, 0.4) is 0 Å². The summed E-state index contributed by atoms with van der Waals surface area (Å²) < 4.78 is 7.77. The van der Waals surface area contributed by atoms with Crippen LogP contribution in [0.15, 0.2) is 24.5 Å². The number of ether oxygens (including phenoxy) is 1. The minimum atomic E-state index is -0.0496. The number of imidazole rings is 1. The van der Waals surface area contributed by atoms with Gasteiger partial charge < -0.3 is 9.30 Å². The summed E-state index contributed by atoms with van der Waals surface area (Å²) in [5.41, 5.74) is 3.57. The molecule has 0 N–H and O–H groups in total. The molecule has 0 saturated heterocycles. The maximum absolute atomic E-state index is 10.9. The molecule has 3 aromatic heterocycles. The number of pyridine rings is 2. The van der Waals surface area contributed by atoms with Gasteiger partial charge in [-0.1, -0.05) is 6.42 Å². The maximum atomic E-state index is 10.9. The molecule has 0 aliphatic carbocycles. The molecule has 0 saturated carbocycles. The third-order valence-corrected chi connectivity index (χ3v) is 4.34. The first-order valence-electron chi connectivity index (χ1n) is 8.59. The number of thiol groups is 1. The Labute approximate surface area is 152 Å². The van der Waals surface area contributed by atoms with Crippen LogP contribution in [0.25, 0.3) is 22.1 Å². The van der Waals surface area contributed by atoms with Crippen molar-refractivity contribution < 1.29 is 9.53 Å². The third kappa shape index (κ3) is 4.16. The van der Waals surface area contributed by atoms with Crippen molar-refractivity contribution >= 4 is 39.8 Å². The zero-order chi connectivity index (χ0) is 17.6. The van der Waals surface area contributed by atoms with Crippen molar-refractivity contribution in [2.75, 3.05) is 6.61 Å². The van der Waals surface area contributed by atoms with Crippen molar-refractivity contribution in [1.82, 2.24) is 19.5 Å². The first-order chi connectivity index (χ1) is 12.2. The van der Waals surface area contributed by atoms with Crippen LogP contribution in [-0.2, 0) is 22.7 Å². The van der Waals surface area contributed by atoms with Gasteiger partial charge in [0.25, 0.3) is 0 Å². The summed E-state index contributed by atoms with van der Waals surface area (Å²) in [5.74, 6) is 0.891. The summed E-state index contributed by atoms with van der Waals surface area (Å²) >= 11 is 3.82. The van der Waals surface area contributed by atoms with Gasteiger partial charge in [-0.05, 0) is 31.9 Å². The van der Waals surface area contributed by atoms with Gasteiger partial charge in [0.2, 0.25) is 0 Å². The Morgan fingerprint density at radius 2 is 2.12 bits per heavy atom. The number of carbonyl (C=O) groups excluding carboxylic acids is 1. The minimum absolute atomic E-state index is 0.0496. The minimum Gasteiger partial charge on any atom is -0.374 e. The van der Waals surface area contributed by atoms with Gasteiger partial charge in [0, 0.05) is 25.8 Å². The van der Waals surface area contributed by atoms with E-state index >= 15 is 0 Å². The van der Waals surface area contributed by atoms with Crippen molar-refractivity contribution in [3.8, 4) is 0 Å². The molecule has 25 heavy (non-hydrogen) atoms. The molecule has 0 aliphatic rings. The van der Waals surface area contributed by atoms with Crippen molar-refractivity contribution in [2.24, 2.45) is 0 Å². The zero-order valence-corrected chi connectivity index (χ0v) is 15.2. The van der Waals surface area contributed by atoms with Crippen molar-refractivity contribution in [1.29, 1.82) is 0 Å². The second-order valence-corrected chi connectivity index (χ2v) is 6.38. The molecule has 0 aliphatic heterocycles. The van der Waals surface area contributed by atoms with Gasteiger partial charge >= 0.3 is 0 Å². The molecule has 0 bridgehead atoms. The van der Waals surface area contributed by atoms with Crippen LogP contribution in [0.1, 0.15) is 38.4 Å². The van der Waals surface area contributed by atoms with E-state index in [1.54, 1.807) is 12.4 Å². The molecule has 7 heteroatoms. The molecule has 3 rings (SSSR count). The molecule has 3 aromatic rings. The Bertz CT molecular complexity index is 878. The average Bonchev–Trinajstić information content (AvgIpc) is 2.97. The summed E-state index contributed by atoms with van der Waals surface area (Å²) in [6, 6.07) is 3.84. The highest BCUT2D eigenvalue weighted by molar-refractivity contribution is 7.96. The summed E-state index contributed by atoms with van der Waals surface area (Å²) in [6.45, 7) is 3.90. The molecule has 0 unspecified atom stereocenters.